The Morgan fingerprint density at radius 3 is 2.84 bits per heavy atom. The number of nitrogens with zero attached hydrogens (tertiary/aromatic N) is 4. The number of hydrazone groups is 1. The fourth-order valence-corrected chi connectivity index (χ4v) is 5.00. The van der Waals surface area contributed by atoms with E-state index < -0.39 is 0 Å². The Hall–Kier alpha value is -2.85. The summed E-state index contributed by atoms with van der Waals surface area (Å²) in [4.78, 5) is 13.1. The summed E-state index contributed by atoms with van der Waals surface area (Å²) in [5, 5.41) is 18.7. The van der Waals surface area contributed by atoms with Gasteiger partial charge in [-0.05, 0) is 54.8 Å². The van der Waals surface area contributed by atoms with Gasteiger partial charge >= 0.3 is 0 Å². The molecule has 1 amide bonds. The van der Waals surface area contributed by atoms with E-state index in [1.165, 1.54) is 40.9 Å². The van der Waals surface area contributed by atoms with Crippen LogP contribution in [-0.2, 0) is 4.79 Å². The Balaban J connectivity index is 1.30. The van der Waals surface area contributed by atoms with Gasteiger partial charge < -0.3 is 14.5 Å². The summed E-state index contributed by atoms with van der Waals surface area (Å²) >= 11 is 2.86. The number of nitrogens with one attached hydrogen (secondary N) is 1. The van der Waals surface area contributed by atoms with Crippen molar-refractivity contribution in [2.24, 2.45) is 5.10 Å². The lowest BCUT2D eigenvalue weighted by Gasteiger charge is -2.19. The maximum atomic E-state index is 13.1. The first-order valence-electron chi connectivity index (χ1n) is 10.00. The SMILES string of the molecule is COc1ccc(C2=NN(C(=O)CSc3nnc(NC4CC4)s3)[C@H](c3ccco3)C2)cc1. The minimum Gasteiger partial charge on any atom is -0.497 e. The predicted octanol–water partition coefficient (Wildman–Crippen LogP) is 4.18. The molecule has 0 bridgehead atoms. The molecular weight excluding hydrogens is 434 g/mol. The van der Waals surface area contributed by atoms with Crippen LogP contribution in [0.3, 0.4) is 0 Å². The first-order chi connectivity index (χ1) is 15.2. The zero-order valence-electron chi connectivity index (χ0n) is 16.9. The number of thioether (sulfide) groups is 1. The van der Waals surface area contributed by atoms with E-state index >= 15 is 0 Å². The van der Waals surface area contributed by atoms with Crippen LogP contribution >= 0.6 is 23.1 Å². The molecule has 10 heteroatoms. The van der Waals surface area contributed by atoms with Gasteiger partial charge in [0.15, 0.2) is 4.34 Å². The highest BCUT2D eigenvalue weighted by Gasteiger charge is 2.35. The van der Waals surface area contributed by atoms with Gasteiger partial charge in [-0.1, -0.05) is 23.1 Å². The summed E-state index contributed by atoms with van der Waals surface area (Å²) in [5.74, 6) is 1.63. The number of benzene rings is 1. The second kappa shape index (κ2) is 8.72. The molecule has 1 aromatic carbocycles. The zero-order chi connectivity index (χ0) is 21.2. The Bertz CT molecular complexity index is 1080. The van der Waals surface area contributed by atoms with Crippen LogP contribution in [0.5, 0.6) is 5.75 Å². The fourth-order valence-electron chi connectivity index (χ4n) is 3.32. The molecule has 1 N–H and O–H groups in total. The smallest absolute Gasteiger partial charge is 0.253 e. The first kappa shape index (κ1) is 20.1. The maximum absolute atomic E-state index is 13.1. The van der Waals surface area contributed by atoms with Gasteiger partial charge in [-0.25, -0.2) is 5.01 Å². The Morgan fingerprint density at radius 1 is 1.29 bits per heavy atom. The number of rotatable bonds is 8. The number of carbonyl (C=O) groups is 1. The molecule has 5 rings (SSSR count). The lowest BCUT2D eigenvalue weighted by atomic mass is 10.0. The average Bonchev–Trinajstić information content (AvgIpc) is 3.20. The summed E-state index contributed by atoms with van der Waals surface area (Å²) in [6, 6.07) is 11.7. The van der Waals surface area contributed by atoms with Crippen LogP contribution < -0.4 is 10.1 Å². The van der Waals surface area contributed by atoms with Crippen LogP contribution in [0.25, 0.3) is 0 Å². The number of furan rings is 1. The maximum Gasteiger partial charge on any atom is 0.253 e. The molecule has 31 heavy (non-hydrogen) atoms. The molecule has 8 nitrogen and oxygen atoms in total. The molecule has 0 spiro atoms. The molecular formula is C21H21N5O3S2. The van der Waals surface area contributed by atoms with Crippen LogP contribution in [0.4, 0.5) is 5.13 Å². The molecule has 2 aromatic heterocycles. The molecule has 0 saturated heterocycles. The molecule has 1 fully saturated rings. The van der Waals surface area contributed by atoms with E-state index in [4.69, 9.17) is 9.15 Å². The number of aromatic nitrogens is 2. The molecule has 160 valence electrons. The van der Waals surface area contributed by atoms with Gasteiger partial charge in [0, 0.05) is 12.5 Å². The fraction of sp³-hybridized carbons (Fsp3) is 0.333. The third-order valence-electron chi connectivity index (χ3n) is 5.09. The van der Waals surface area contributed by atoms with Gasteiger partial charge in [0.2, 0.25) is 5.13 Å². The number of anilines is 1. The van der Waals surface area contributed by atoms with Gasteiger partial charge in [0.1, 0.15) is 17.6 Å². The molecule has 1 aliphatic heterocycles. The van der Waals surface area contributed by atoms with Crippen molar-refractivity contribution in [3.63, 3.8) is 0 Å². The lowest BCUT2D eigenvalue weighted by molar-refractivity contribution is -0.130. The van der Waals surface area contributed by atoms with Crippen molar-refractivity contribution < 1.29 is 13.9 Å². The van der Waals surface area contributed by atoms with E-state index in [2.05, 4.69) is 20.6 Å². The monoisotopic (exact) mass is 455 g/mol. The summed E-state index contributed by atoms with van der Waals surface area (Å²) in [6.07, 6.45) is 4.56. The van der Waals surface area contributed by atoms with Crippen molar-refractivity contribution in [1.29, 1.82) is 0 Å². The highest BCUT2D eigenvalue weighted by molar-refractivity contribution is 8.01. The molecule has 3 aromatic rings. The van der Waals surface area contributed by atoms with Gasteiger partial charge in [-0.2, -0.15) is 5.10 Å². The number of hydrogen-bond acceptors (Lipinski definition) is 9. The molecule has 1 atom stereocenters. The van der Waals surface area contributed by atoms with Gasteiger partial charge in [0.05, 0.1) is 24.8 Å². The first-order valence-corrected chi connectivity index (χ1v) is 11.8. The topological polar surface area (TPSA) is 92.9 Å². The van der Waals surface area contributed by atoms with E-state index in [-0.39, 0.29) is 17.7 Å². The second-order valence-electron chi connectivity index (χ2n) is 7.33. The van der Waals surface area contributed by atoms with E-state index in [1.54, 1.807) is 13.4 Å². The zero-order valence-corrected chi connectivity index (χ0v) is 18.5. The van der Waals surface area contributed by atoms with E-state index in [1.807, 2.05) is 36.4 Å². The lowest BCUT2D eigenvalue weighted by Crippen LogP contribution is -2.28. The normalized spacial score (nSPS) is 18.2. The Labute approximate surface area is 187 Å². The van der Waals surface area contributed by atoms with E-state index in [0.717, 1.165) is 32.3 Å². The van der Waals surface area contributed by atoms with Gasteiger partial charge in [-0.15, -0.1) is 10.2 Å². The molecule has 3 heterocycles. The number of hydrogen-bond donors (Lipinski definition) is 1. The Kier molecular flexibility index (Phi) is 5.65. The summed E-state index contributed by atoms with van der Waals surface area (Å²) in [5.41, 5.74) is 1.80. The third-order valence-corrected chi connectivity index (χ3v) is 7.06. The molecule has 0 unspecified atom stereocenters. The molecule has 2 aliphatic rings. The van der Waals surface area contributed by atoms with Crippen molar-refractivity contribution in [3.8, 4) is 5.75 Å². The van der Waals surface area contributed by atoms with Crippen molar-refractivity contribution in [2.45, 2.75) is 35.7 Å². The number of amides is 1. The second-order valence-corrected chi connectivity index (χ2v) is 9.53. The average molecular weight is 456 g/mol. The molecule has 1 aliphatic carbocycles. The summed E-state index contributed by atoms with van der Waals surface area (Å²) < 4.78 is 11.6. The highest BCUT2D eigenvalue weighted by atomic mass is 32.2. The molecule has 0 radical (unpaired) electrons. The van der Waals surface area contributed by atoms with Crippen molar-refractivity contribution in [2.75, 3.05) is 18.2 Å². The quantitative estimate of drug-likeness (QED) is 0.509. The van der Waals surface area contributed by atoms with Crippen molar-refractivity contribution in [1.82, 2.24) is 15.2 Å². The van der Waals surface area contributed by atoms with Gasteiger partial charge in [0.25, 0.3) is 5.91 Å². The molecule has 1 saturated carbocycles. The summed E-state index contributed by atoms with van der Waals surface area (Å²) in [6.45, 7) is 0. The van der Waals surface area contributed by atoms with Crippen molar-refractivity contribution >= 4 is 39.8 Å². The number of ether oxygens (including phenoxy) is 1. The standard InChI is InChI=1S/C21H21N5O3S2/c1-28-15-8-4-13(5-9-15)16-11-17(18-3-2-10-29-18)26(25-16)19(27)12-30-21-24-23-20(31-21)22-14-6-7-14/h2-5,8-10,14,17H,6-7,11-12H2,1H3,(H,22,23)/t17-/m0/s1. The van der Waals surface area contributed by atoms with E-state index in [9.17, 15) is 4.79 Å². The third kappa shape index (κ3) is 4.59. The minimum absolute atomic E-state index is 0.0955. The van der Waals surface area contributed by atoms with E-state index in [0.29, 0.717) is 12.5 Å². The predicted molar refractivity (Wildman–Crippen MR) is 120 cm³/mol. The summed E-state index contributed by atoms with van der Waals surface area (Å²) in [7, 11) is 1.63. The number of methoxy groups -OCH3 is 1. The van der Waals surface area contributed by atoms with Crippen LogP contribution in [0, 0.1) is 0 Å². The number of carbonyl (C=O) groups excluding carboxylic acids is 1. The highest BCUT2D eigenvalue weighted by Crippen LogP contribution is 2.35. The minimum atomic E-state index is -0.262. The van der Waals surface area contributed by atoms with Crippen LogP contribution in [-0.4, -0.2) is 45.7 Å². The largest absolute Gasteiger partial charge is 0.497 e. The van der Waals surface area contributed by atoms with Crippen molar-refractivity contribution in [3.05, 3.63) is 54.0 Å². The van der Waals surface area contributed by atoms with Crippen LogP contribution in [0.1, 0.15) is 36.6 Å². The van der Waals surface area contributed by atoms with Crippen LogP contribution in [0.2, 0.25) is 0 Å². The van der Waals surface area contributed by atoms with Crippen LogP contribution in [0.15, 0.2) is 56.5 Å². The Morgan fingerprint density at radius 2 is 2.13 bits per heavy atom. The van der Waals surface area contributed by atoms with Gasteiger partial charge in [-0.3, -0.25) is 4.79 Å².